The average molecular weight is 527 g/mol. The minimum atomic E-state index is -1.26. The summed E-state index contributed by atoms with van der Waals surface area (Å²) < 4.78 is 0. The quantitative estimate of drug-likeness (QED) is 0.460. The van der Waals surface area contributed by atoms with E-state index in [1.807, 2.05) is 11.0 Å². The van der Waals surface area contributed by atoms with E-state index in [0.29, 0.717) is 35.2 Å². The number of amides is 1. The Labute approximate surface area is 213 Å². The van der Waals surface area contributed by atoms with Crippen LogP contribution in [-0.2, 0) is 25.6 Å². The van der Waals surface area contributed by atoms with Crippen molar-refractivity contribution in [1.82, 2.24) is 9.80 Å². The molecule has 1 unspecified atom stereocenters. The minimum Gasteiger partial charge on any atom is -0.478 e. The van der Waals surface area contributed by atoms with E-state index in [1.54, 1.807) is 12.1 Å². The van der Waals surface area contributed by atoms with Gasteiger partial charge in [-0.3, -0.25) is 9.69 Å². The van der Waals surface area contributed by atoms with E-state index < -0.39 is 17.9 Å². The van der Waals surface area contributed by atoms with E-state index >= 15 is 0 Å². The van der Waals surface area contributed by atoms with E-state index in [-0.39, 0.29) is 11.9 Å². The topological polar surface area (TPSA) is 135 Å². The van der Waals surface area contributed by atoms with Crippen LogP contribution in [0.5, 0.6) is 0 Å². The van der Waals surface area contributed by atoms with Crippen molar-refractivity contribution in [2.24, 2.45) is 0 Å². The fourth-order valence-electron chi connectivity index (χ4n) is 4.08. The van der Waals surface area contributed by atoms with Gasteiger partial charge in [0, 0.05) is 50.4 Å². The van der Waals surface area contributed by atoms with Crippen molar-refractivity contribution in [1.29, 1.82) is 0 Å². The Morgan fingerprint density at radius 1 is 0.943 bits per heavy atom. The number of benzene rings is 1. The molecule has 0 aromatic heterocycles. The lowest BCUT2D eigenvalue weighted by atomic mass is 10.00. The van der Waals surface area contributed by atoms with Gasteiger partial charge in [-0.25, -0.2) is 14.4 Å². The normalized spacial score (nSPS) is 19.4. The number of rotatable bonds is 7. The Morgan fingerprint density at radius 3 is 2.23 bits per heavy atom. The first-order chi connectivity index (χ1) is 16.5. The molecule has 1 atom stereocenters. The molecule has 3 N–H and O–H groups in total. The Balaban J connectivity index is 0.000000466. The van der Waals surface area contributed by atoms with Gasteiger partial charge in [-0.2, -0.15) is 0 Å². The largest absolute Gasteiger partial charge is 0.478 e. The molecular formula is C24H28Cl2N2O7. The summed E-state index contributed by atoms with van der Waals surface area (Å²) in [6, 6.07) is 5.50. The predicted octanol–water partition coefficient (Wildman–Crippen LogP) is 3.35. The number of carboxylic acids is 3. The van der Waals surface area contributed by atoms with Gasteiger partial charge >= 0.3 is 17.9 Å². The maximum atomic E-state index is 12.9. The number of carboxylic acid groups (broad SMARTS) is 3. The number of halogens is 2. The Kier molecular flexibility index (Phi) is 11.2. The Bertz CT molecular complexity index is 994. The van der Waals surface area contributed by atoms with Crippen molar-refractivity contribution in [3.8, 4) is 0 Å². The number of hydrogen-bond donors (Lipinski definition) is 3. The zero-order valence-corrected chi connectivity index (χ0v) is 20.5. The van der Waals surface area contributed by atoms with Gasteiger partial charge in [0.1, 0.15) is 0 Å². The number of carbonyl (C=O) groups is 4. The lowest BCUT2D eigenvalue weighted by Crippen LogP contribution is -2.49. The summed E-state index contributed by atoms with van der Waals surface area (Å²) in [7, 11) is 0. The monoisotopic (exact) mass is 526 g/mol. The van der Waals surface area contributed by atoms with E-state index in [9.17, 15) is 19.2 Å². The van der Waals surface area contributed by atoms with Crippen LogP contribution in [0.25, 0.3) is 0 Å². The third kappa shape index (κ3) is 10.1. The molecule has 2 fully saturated rings. The second-order valence-corrected chi connectivity index (χ2v) is 9.11. The van der Waals surface area contributed by atoms with Gasteiger partial charge in [0.25, 0.3) is 0 Å². The summed E-state index contributed by atoms with van der Waals surface area (Å²) >= 11 is 12.0. The van der Waals surface area contributed by atoms with Crippen molar-refractivity contribution >= 4 is 47.0 Å². The van der Waals surface area contributed by atoms with Crippen molar-refractivity contribution in [3.63, 3.8) is 0 Å². The molecule has 9 nitrogen and oxygen atoms in total. The van der Waals surface area contributed by atoms with Gasteiger partial charge in [-0.05, 0) is 49.0 Å². The predicted molar refractivity (Wildman–Crippen MR) is 131 cm³/mol. The average Bonchev–Trinajstić information content (AvgIpc) is 3.21. The molecule has 0 saturated carbocycles. The van der Waals surface area contributed by atoms with Gasteiger partial charge in [0.2, 0.25) is 5.91 Å². The molecule has 0 aliphatic carbocycles. The fraction of sp³-hybridized carbons (Fsp3) is 0.417. The zero-order chi connectivity index (χ0) is 26.0. The zero-order valence-electron chi connectivity index (χ0n) is 19.0. The smallest absolute Gasteiger partial charge is 0.328 e. The highest BCUT2D eigenvalue weighted by Crippen LogP contribution is 2.25. The third-order valence-electron chi connectivity index (χ3n) is 5.63. The van der Waals surface area contributed by atoms with Crippen molar-refractivity contribution in [2.75, 3.05) is 26.2 Å². The molecule has 2 heterocycles. The maximum absolute atomic E-state index is 12.9. The molecule has 1 aromatic rings. The summed E-state index contributed by atoms with van der Waals surface area (Å²) in [5.74, 6) is -3.29. The van der Waals surface area contributed by atoms with Crippen LogP contribution in [0, 0.1) is 0 Å². The number of carbonyl (C=O) groups excluding carboxylic acids is 1. The summed E-state index contributed by atoms with van der Waals surface area (Å²) in [5.41, 5.74) is 1.82. The maximum Gasteiger partial charge on any atom is 0.328 e. The van der Waals surface area contributed by atoms with Crippen LogP contribution >= 0.6 is 23.2 Å². The summed E-state index contributed by atoms with van der Waals surface area (Å²) in [4.78, 5) is 47.1. The van der Waals surface area contributed by atoms with Crippen LogP contribution in [0.1, 0.15) is 31.2 Å². The van der Waals surface area contributed by atoms with E-state index in [2.05, 4.69) is 4.90 Å². The van der Waals surface area contributed by atoms with Crippen LogP contribution in [0.2, 0.25) is 10.0 Å². The lowest BCUT2D eigenvalue weighted by molar-refractivity contribution is -0.134. The highest BCUT2D eigenvalue weighted by Gasteiger charge is 2.30. The number of likely N-dealkylation sites (tertiary alicyclic amines) is 2. The Hall–Kier alpha value is -2.88. The minimum absolute atomic E-state index is 0.110. The first-order valence-corrected chi connectivity index (χ1v) is 11.8. The van der Waals surface area contributed by atoms with Crippen LogP contribution in [-0.4, -0.2) is 81.2 Å². The van der Waals surface area contributed by atoms with Crippen LogP contribution in [0.15, 0.2) is 42.0 Å². The van der Waals surface area contributed by atoms with Gasteiger partial charge in [-0.1, -0.05) is 29.3 Å². The number of aliphatic carboxylic acids is 3. The highest BCUT2D eigenvalue weighted by molar-refractivity contribution is 6.42. The second-order valence-electron chi connectivity index (χ2n) is 8.30. The number of nitrogens with zero attached hydrogens (tertiary/aromatic N) is 2. The van der Waals surface area contributed by atoms with Gasteiger partial charge in [-0.15, -0.1) is 0 Å². The van der Waals surface area contributed by atoms with Crippen LogP contribution in [0.3, 0.4) is 0 Å². The molecule has 0 spiro atoms. The molecular weight excluding hydrogens is 499 g/mol. The standard InChI is InChI=1S/C20H24Cl2N2O3.C4H4O4/c21-17-5-4-14(9-18(17)22)10-19(25)24-7-2-1-3-16(24)13-23-8-6-15(12-23)11-20(26)27;5-3(6)1-2-4(7)8/h4-5,9,11,16H,1-3,6-8,10,12-13H2,(H,26,27);1-2H,(H,5,6)(H,7,8)/b;2-1+. The lowest BCUT2D eigenvalue weighted by Gasteiger charge is -2.38. The molecule has 3 rings (SSSR count). The second kappa shape index (κ2) is 13.9. The third-order valence-corrected chi connectivity index (χ3v) is 6.37. The first kappa shape index (κ1) is 28.4. The SMILES string of the molecule is O=C(O)/C=C/C(=O)O.O=C(O)C=C1CCN(CC2CCCCN2C(=O)Cc2ccc(Cl)c(Cl)c2)C1. The molecule has 1 amide bonds. The van der Waals surface area contributed by atoms with Crippen molar-refractivity contribution < 1.29 is 34.5 Å². The summed E-state index contributed by atoms with van der Waals surface area (Å²) in [6.07, 6.45) is 6.66. The van der Waals surface area contributed by atoms with Crippen molar-refractivity contribution in [2.45, 2.75) is 38.1 Å². The number of piperidine rings is 1. The van der Waals surface area contributed by atoms with Crippen LogP contribution < -0.4 is 0 Å². The molecule has 0 bridgehead atoms. The molecule has 0 radical (unpaired) electrons. The van der Waals surface area contributed by atoms with E-state index in [1.165, 1.54) is 6.08 Å². The molecule has 1 aromatic carbocycles. The van der Waals surface area contributed by atoms with Crippen molar-refractivity contribution in [3.05, 3.63) is 57.6 Å². The van der Waals surface area contributed by atoms with Gasteiger partial charge in [0.15, 0.2) is 0 Å². The number of hydrogen-bond acceptors (Lipinski definition) is 5. The molecule has 2 saturated heterocycles. The van der Waals surface area contributed by atoms with Crippen LogP contribution in [0.4, 0.5) is 0 Å². The molecule has 2 aliphatic heterocycles. The van der Waals surface area contributed by atoms with Gasteiger partial charge in [0.05, 0.1) is 16.5 Å². The molecule has 2 aliphatic rings. The van der Waals surface area contributed by atoms with E-state index in [4.69, 9.17) is 38.5 Å². The fourth-order valence-corrected chi connectivity index (χ4v) is 4.40. The Morgan fingerprint density at radius 2 is 1.63 bits per heavy atom. The molecule has 11 heteroatoms. The summed E-state index contributed by atoms with van der Waals surface area (Å²) in [6.45, 7) is 3.10. The molecule has 190 valence electrons. The summed E-state index contributed by atoms with van der Waals surface area (Å²) in [5, 5.41) is 25.5. The molecule has 35 heavy (non-hydrogen) atoms. The van der Waals surface area contributed by atoms with E-state index in [0.717, 1.165) is 56.5 Å². The first-order valence-electron chi connectivity index (χ1n) is 11.1. The van der Waals surface area contributed by atoms with Gasteiger partial charge < -0.3 is 20.2 Å². The highest BCUT2D eigenvalue weighted by atomic mass is 35.5.